The average molecular weight is 485 g/mol. The van der Waals surface area contributed by atoms with Crippen molar-refractivity contribution in [2.45, 2.75) is 50.6 Å². The SMILES string of the molecule is CCCOc1ccc(C(F)(F)F)cc1NC(=O)c1cc(S(=O)(=O)N2CCCCC2)ccc1C. The van der Waals surface area contributed by atoms with Crippen molar-refractivity contribution < 1.29 is 31.1 Å². The highest BCUT2D eigenvalue weighted by atomic mass is 32.2. The Morgan fingerprint density at radius 2 is 1.79 bits per heavy atom. The van der Waals surface area contributed by atoms with Crippen LogP contribution in [0.1, 0.15) is 54.1 Å². The maximum absolute atomic E-state index is 13.2. The van der Waals surface area contributed by atoms with E-state index in [-0.39, 0.29) is 28.5 Å². The van der Waals surface area contributed by atoms with Crippen molar-refractivity contribution in [3.8, 4) is 5.75 Å². The Hall–Kier alpha value is -2.59. The Morgan fingerprint density at radius 3 is 2.42 bits per heavy atom. The van der Waals surface area contributed by atoms with E-state index < -0.39 is 27.7 Å². The van der Waals surface area contributed by atoms with Crippen LogP contribution in [0.25, 0.3) is 0 Å². The van der Waals surface area contributed by atoms with Gasteiger partial charge in [0.25, 0.3) is 5.91 Å². The molecule has 0 unspecified atom stereocenters. The van der Waals surface area contributed by atoms with Crippen LogP contribution < -0.4 is 10.1 Å². The monoisotopic (exact) mass is 484 g/mol. The lowest BCUT2D eigenvalue weighted by atomic mass is 10.1. The van der Waals surface area contributed by atoms with Crippen molar-refractivity contribution in [1.82, 2.24) is 4.31 Å². The number of carbonyl (C=O) groups excluding carboxylic acids is 1. The Morgan fingerprint density at radius 1 is 1.09 bits per heavy atom. The molecule has 180 valence electrons. The van der Waals surface area contributed by atoms with Crippen molar-refractivity contribution in [3.63, 3.8) is 0 Å². The van der Waals surface area contributed by atoms with E-state index in [1.165, 1.54) is 22.5 Å². The van der Waals surface area contributed by atoms with Gasteiger partial charge in [-0.15, -0.1) is 0 Å². The second-order valence-corrected chi connectivity index (χ2v) is 9.89. The molecule has 0 saturated carbocycles. The first-order chi connectivity index (χ1) is 15.5. The van der Waals surface area contributed by atoms with Crippen LogP contribution >= 0.6 is 0 Å². The summed E-state index contributed by atoms with van der Waals surface area (Å²) in [5.74, 6) is -0.614. The highest BCUT2D eigenvalue weighted by Crippen LogP contribution is 2.35. The zero-order valence-corrected chi connectivity index (χ0v) is 19.4. The van der Waals surface area contributed by atoms with E-state index in [1.54, 1.807) is 6.92 Å². The number of aryl methyl sites for hydroxylation is 1. The molecule has 1 fully saturated rings. The van der Waals surface area contributed by atoms with Gasteiger partial charge in [-0.05, 0) is 62.1 Å². The highest BCUT2D eigenvalue weighted by Gasteiger charge is 2.32. The van der Waals surface area contributed by atoms with Crippen LogP contribution in [0.15, 0.2) is 41.3 Å². The topological polar surface area (TPSA) is 75.7 Å². The molecule has 1 heterocycles. The number of benzene rings is 2. The molecule has 0 atom stereocenters. The van der Waals surface area contributed by atoms with Gasteiger partial charge in [-0.2, -0.15) is 17.5 Å². The average Bonchev–Trinajstić information content (AvgIpc) is 2.78. The smallest absolute Gasteiger partial charge is 0.416 e. The largest absolute Gasteiger partial charge is 0.491 e. The molecule has 10 heteroatoms. The zero-order valence-electron chi connectivity index (χ0n) is 18.5. The summed E-state index contributed by atoms with van der Waals surface area (Å²) < 4.78 is 72.5. The van der Waals surface area contributed by atoms with E-state index in [9.17, 15) is 26.4 Å². The number of nitrogens with zero attached hydrogens (tertiary/aromatic N) is 1. The lowest BCUT2D eigenvalue weighted by Gasteiger charge is -2.26. The number of piperidine rings is 1. The van der Waals surface area contributed by atoms with Gasteiger partial charge >= 0.3 is 6.18 Å². The van der Waals surface area contributed by atoms with Gasteiger partial charge in [0, 0.05) is 18.7 Å². The van der Waals surface area contributed by atoms with Crippen LogP contribution in [0, 0.1) is 6.92 Å². The van der Waals surface area contributed by atoms with Crippen molar-refractivity contribution in [1.29, 1.82) is 0 Å². The summed E-state index contributed by atoms with van der Waals surface area (Å²) in [6.45, 7) is 4.57. The molecule has 2 aromatic rings. The molecule has 1 N–H and O–H groups in total. The Balaban J connectivity index is 1.93. The number of alkyl halides is 3. The standard InChI is InChI=1S/C23H27F3N2O4S/c1-3-13-32-21-10-8-17(23(24,25)26)14-20(21)27-22(29)19-15-18(9-7-16(19)2)33(30,31)28-11-5-4-6-12-28/h7-10,14-15H,3-6,11-13H2,1-2H3,(H,27,29). The van der Waals surface area contributed by atoms with Crippen molar-refractivity contribution in [2.24, 2.45) is 0 Å². The maximum Gasteiger partial charge on any atom is 0.416 e. The van der Waals surface area contributed by atoms with Crippen LogP contribution in [0.3, 0.4) is 0 Å². The normalized spacial score (nSPS) is 15.3. The third-order valence-electron chi connectivity index (χ3n) is 5.42. The number of hydrogen-bond donors (Lipinski definition) is 1. The number of amides is 1. The molecule has 2 aromatic carbocycles. The first-order valence-electron chi connectivity index (χ1n) is 10.8. The predicted octanol–water partition coefficient (Wildman–Crippen LogP) is 5.23. The number of ether oxygens (including phenoxy) is 1. The molecule has 0 bridgehead atoms. The number of rotatable bonds is 7. The number of anilines is 1. The second-order valence-electron chi connectivity index (χ2n) is 7.95. The Kier molecular flexibility index (Phi) is 7.69. The number of sulfonamides is 1. The van der Waals surface area contributed by atoms with Gasteiger partial charge in [0.15, 0.2) is 0 Å². The molecule has 33 heavy (non-hydrogen) atoms. The van der Waals surface area contributed by atoms with Crippen LogP contribution in [0.2, 0.25) is 0 Å². The van der Waals surface area contributed by atoms with E-state index in [2.05, 4.69) is 5.32 Å². The van der Waals surface area contributed by atoms with Crippen LogP contribution in [0.5, 0.6) is 5.75 Å². The van der Waals surface area contributed by atoms with Gasteiger partial charge in [-0.3, -0.25) is 4.79 Å². The van der Waals surface area contributed by atoms with E-state index in [4.69, 9.17) is 4.74 Å². The molecular formula is C23H27F3N2O4S. The minimum atomic E-state index is -4.60. The van der Waals surface area contributed by atoms with Crippen LogP contribution in [0.4, 0.5) is 18.9 Å². The molecule has 1 aliphatic heterocycles. The lowest BCUT2D eigenvalue weighted by molar-refractivity contribution is -0.137. The molecule has 1 amide bonds. The number of halogens is 3. The third kappa shape index (κ3) is 5.86. The van der Waals surface area contributed by atoms with E-state index >= 15 is 0 Å². The van der Waals surface area contributed by atoms with Gasteiger partial charge in [-0.25, -0.2) is 8.42 Å². The molecule has 0 spiro atoms. The summed E-state index contributed by atoms with van der Waals surface area (Å²) in [5, 5.41) is 2.47. The van der Waals surface area contributed by atoms with Crippen molar-refractivity contribution in [2.75, 3.05) is 25.0 Å². The first-order valence-corrected chi connectivity index (χ1v) is 12.2. The highest BCUT2D eigenvalue weighted by molar-refractivity contribution is 7.89. The maximum atomic E-state index is 13.2. The van der Waals surface area contributed by atoms with Gasteiger partial charge in [-0.1, -0.05) is 19.4 Å². The fourth-order valence-corrected chi connectivity index (χ4v) is 5.14. The molecule has 3 rings (SSSR count). The predicted molar refractivity (Wildman–Crippen MR) is 119 cm³/mol. The van der Waals surface area contributed by atoms with Crippen molar-refractivity contribution in [3.05, 3.63) is 53.1 Å². The molecule has 1 saturated heterocycles. The lowest BCUT2D eigenvalue weighted by Crippen LogP contribution is -2.35. The number of carbonyl (C=O) groups is 1. The Bertz CT molecular complexity index is 1110. The fourth-order valence-electron chi connectivity index (χ4n) is 3.59. The van der Waals surface area contributed by atoms with E-state index in [0.717, 1.165) is 37.5 Å². The second kappa shape index (κ2) is 10.1. The molecular weight excluding hydrogens is 457 g/mol. The molecule has 6 nitrogen and oxygen atoms in total. The molecule has 0 aliphatic carbocycles. The van der Waals surface area contributed by atoms with Gasteiger partial charge in [0.05, 0.1) is 22.8 Å². The molecule has 1 aliphatic rings. The minimum Gasteiger partial charge on any atom is -0.491 e. The van der Waals surface area contributed by atoms with Gasteiger partial charge in [0.2, 0.25) is 10.0 Å². The summed E-state index contributed by atoms with van der Waals surface area (Å²) >= 11 is 0. The molecule has 0 radical (unpaired) electrons. The third-order valence-corrected chi connectivity index (χ3v) is 7.32. The first kappa shape index (κ1) is 25.0. The Labute approximate surface area is 191 Å². The summed E-state index contributed by atoms with van der Waals surface area (Å²) in [6, 6.07) is 7.10. The van der Waals surface area contributed by atoms with Gasteiger partial charge in [0.1, 0.15) is 5.75 Å². The fraction of sp³-hybridized carbons (Fsp3) is 0.435. The van der Waals surface area contributed by atoms with E-state index in [1.807, 2.05) is 6.92 Å². The zero-order chi connectivity index (χ0) is 24.2. The van der Waals surface area contributed by atoms with E-state index in [0.29, 0.717) is 25.1 Å². The summed E-state index contributed by atoms with van der Waals surface area (Å²) in [5.41, 5.74) is -0.508. The summed E-state index contributed by atoms with van der Waals surface area (Å²) in [6.07, 6.45) is -1.46. The minimum absolute atomic E-state index is 0.0216. The van der Waals surface area contributed by atoms with Crippen LogP contribution in [-0.4, -0.2) is 38.3 Å². The van der Waals surface area contributed by atoms with Crippen molar-refractivity contribution >= 4 is 21.6 Å². The molecule has 0 aromatic heterocycles. The number of hydrogen-bond acceptors (Lipinski definition) is 4. The number of nitrogens with one attached hydrogen (secondary N) is 1. The summed E-state index contributed by atoms with van der Waals surface area (Å²) in [7, 11) is -3.77. The van der Waals surface area contributed by atoms with Gasteiger partial charge < -0.3 is 10.1 Å². The quantitative estimate of drug-likeness (QED) is 0.584. The van der Waals surface area contributed by atoms with Crippen LogP contribution in [-0.2, 0) is 16.2 Å². The summed E-state index contributed by atoms with van der Waals surface area (Å²) in [4.78, 5) is 13.0.